The molecule has 1 N–H and O–H groups in total. The van der Waals surface area contributed by atoms with Crippen molar-refractivity contribution in [1.29, 1.82) is 0 Å². The van der Waals surface area contributed by atoms with E-state index in [4.69, 9.17) is 0 Å². The number of hydrogen-bond donors (Lipinski definition) is 1. The zero-order chi connectivity index (χ0) is 20.4. The number of hydrogen-bond acceptors (Lipinski definition) is 8. The topological polar surface area (TPSA) is 109 Å². The quantitative estimate of drug-likeness (QED) is 0.663. The van der Waals surface area contributed by atoms with Crippen LogP contribution in [0, 0.1) is 6.92 Å². The largest absolute Gasteiger partial charge is 0.352 e. The summed E-state index contributed by atoms with van der Waals surface area (Å²) >= 11 is 0. The Hall–Kier alpha value is -3.05. The molecule has 0 bridgehead atoms. The fourth-order valence-corrected chi connectivity index (χ4v) is 4.53. The number of piperazine rings is 1. The van der Waals surface area contributed by atoms with Crippen LogP contribution < -0.4 is 10.2 Å². The van der Waals surface area contributed by atoms with Crippen LogP contribution in [-0.4, -0.2) is 63.6 Å². The second-order valence-corrected chi connectivity index (χ2v) is 8.66. The molecule has 10 nitrogen and oxygen atoms in total. The van der Waals surface area contributed by atoms with E-state index in [1.54, 1.807) is 37.1 Å². The van der Waals surface area contributed by atoms with Gasteiger partial charge in [-0.3, -0.25) is 4.98 Å². The Labute approximate surface area is 169 Å². The van der Waals surface area contributed by atoms with Gasteiger partial charge in [0.25, 0.3) is 10.0 Å². The maximum absolute atomic E-state index is 12.8. The summed E-state index contributed by atoms with van der Waals surface area (Å²) in [6.45, 7) is 3.59. The highest BCUT2D eigenvalue weighted by Crippen LogP contribution is 2.20. The van der Waals surface area contributed by atoms with Crippen molar-refractivity contribution in [3.63, 3.8) is 0 Å². The Bertz CT molecular complexity index is 1060. The molecule has 0 aromatic carbocycles. The van der Waals surface area contributed by atoms with Crippen LogP contribution in [0.1, 0.15) is 5.82 Å². The monoisotopic (exact) mass is 414 g/mol. The van der Waals surface area contributed by atoms with Gasteiger partial charge in [0.15, 0.2) is 16.7 Å². The van der Waals surface area contributed by atoms with Crippen molar-refractivity contribution in [2.24, 2.45) is 7.05 Å². The highest BCUT2D eigenvalue weighted by atomic mass is 32.2. The fraction of sp³-hybridized carbons (Fsp3) is 0.333. The van der Waals surface area contributed by atoms with Gasteiger partial charge >= 0.3 is 0 Å². The van der Waals surface area contributed by atoms with E-state index in [9.17, 15) is 8.42 Å². The smallest absolute Gasteiger partial charge is 0.262 e. The predicted molar refractivity (Wildman–Crippen MR) is 108 cm³/mol. The summed E-state index contributed by atoms with van der Waals surface area (Å²) in [5.41, 5.74) is 0.832. The Morgan fingerprint density at radius 3 is 2.45 bits per heavy atom. The summed E-state index contributed by atoms with van der Waals surface area (Å²) in [5, 5.41) is 11.7. The number of imidazole rings is 1. The van der Waals surface area contributed by atoms with Crippen molar-refractivity contribution in [3.05, 3.63) is 48.7 Å². The summed E-state index contributed by atoms with van der Waals surface area (Å²) in [6, 6.07) is 7.45. The lowest BCUT2D eigenvalue weighted by atomic mass is 10.3. The zero-order valence-electron chi connectivity index (χ0n) is 16.2. The molecule has 152 valence electrons. The average Bonchev–Trinajstić information content (AvgIpc) is 3.09. The van der Waals surface area contributed by atoms with E-state index in [0.29, 0.717) is 43.6 Å². The van der Waals surface area contributed by atoms with Gasteiger partial charge in [-0.25, -0.2) is 13.4 Å². The molecular formula is C18H22N8O2S. The number of nitrogens with zero attached hydrogens (tertiary/aromatic N) is 7. The standard InChI is InChI=1S/C18H22N8O2S/c1-14-20-18(13-24(14)2)29(27,28)26-10-8-25(9-11-26)17-6-5-16(22-23-17)21-15-4-3-7-19-12-15/h3-7,12-13H,8-11H2,1-2H3,(H,21,22). The van der Waals surface area contributed by atoms with E-state index >= 15 is 0 Å². The second kappa shape index (κ2) is 7.76. The highest BCUT2D eigenvalue weighted by molar-refractivity contribution is 7.89. The van der Waals surface area contributed by atoms with E-state index in [0.717, 1.165) is 5.69 Å². The van der Waals surface area contributed by atoms with E-state index < -0.39 is 10.0 Å². The number of pyridine rings is 1. The van der Waals surface area contributed by atoms with Crippen LogP contribution >= 0.6 is 0 Å². The molecular weight excluding hydrogens is 392 g/mol. The Morgan fingerprint density at radius 2 is 1.86 bits per heavy atom. The van der Waals surface area contributed by atoms with Crippen LogP contribution in [0.2, 0.25) is 0 Å². The molecule has 0 radical (unpaired) electrons. The minimum atomic E-state index is -3.59. The first-order chi connectivity index (χ1) is 13.9. The summed E-state index contributed by atoms with van der Waals surface area (Å²) in [6.07, 6.45) is 4.96. The molecule has 0 aliphatic carbocycles. The van der Waals surface area contributed by atoms with Gasteiger partial charge in [0.2, 0.25) is 0 Å². The lowest BCUT2D eigenvalue weighted by molar-refractivity contribution is 0.382. The van der Waals surface area contributed by atoms with Crippen molar-refractivity contribution >= 4 is 27.3 Å². The van der Waals surface area contributed by atoms with Gasteiger partial charge < -0.3 is 14.8 Å². The molecule has 29 heavy (non-hydrogen) atoms. The van der Waals surface area contributed by atoms with Gasteiger partial charge in [0.05, 0.1) is 11.9 Å². The van der Waals surface area contributed by atoms with E-state index in [-0.39, 0.29) is 5.03 Å². The van der Waals surface area contributed by atoms with Gasteiger partial charge in [0, 0.05) is 45.6 Å². The van der Waals surface area contributed by atoms with Crippen LogP contribution in [0.3, 0.4) is 0 Å². The predicted octanol–water partition coefficient (Wildman–Crippen LogP) is 1.17. The van der Waals surface area contributed by atoms with Crippen LogP contribution in [0.4, 0.5) is 17.3 Å². The third-order valence-electron chi connectivity index (χ3n) is 4.84. The van der Waals surface area contributed by atoms with Crippen LogP contribution in [-0.2, 0) is 17.1 Å². The van der Waals surface area contributed by atoms with Crippen molar-refractivity contribution in [2.45, 2.75) is 11.9 Å². The third-order valence-corrected chi connectivity index (χ3v) is 6.61. The fourth-order valence-electron chi connectivity index (χ4n) is 3.09. The van der Waals surface area contributed by atoms with Crippen LogP contribution in [0.15, 0.2) is 47.9 Å². The molecule has 0 saturated carbocycles. The summed E-state index contributed by atoms with van der Waals surface area (Å²) in [7, 11) is -1.81. The van der Waals surface area contributed by atoms with Gasteiger partial charge in [-0.15, -0.1) is 10.2 Å². The number of aromatic nitrogens is 5. The number of nitrogens with one attached hydrogen (secondary N) is 1. The summed E-state index contributed by atoms with van der Waals surface area (Å²) < 4.78 is 28.8. The normalized spacial score (nSPS) is 15.4. The average molecular weight is 414 g/mol. The molecule has 11 heteroatoms. The van der Waals surface area contributed by atoms with Crippen LogP contribution in [0.5, 0.6) is 0 Å². The van der Waals surface area contributed by atoms with Gasteiger partial charge in [-0.05, 0) is 31.2 Å². The summed E-state index contributed by atoms with van der Waals surface area (Å²) in [4.78, 5) is 10.2. The molecule has 1 aliphatic rings. The van der Waals surface area contributed by atoms with Crippen molar-refractivity contribution < 1.29 is 8.42 Å². The number of sulfonamides is 1. The molecule has 3 aromatic rings. The lowest BCUT2D eigenvalue weighted by Crippen LogP contribution is -2.49. The van der Waals surface area contributed by atoms with E-state index in [2.05, 4.69) is 25.5 Å². The minimum absolute atomic E-state index is 0.0940. The van der Waals surface area contributed by atoms with E-state index in [1.807, 2.05) is 29.2 Å². The molecule has 1 aliphatic heterocycles. The van der Waals surface area contributed by atoms with Crippen LogP contribution in [0.25, 0.3) is 0 Å². The maximum atomic E-state index is 12.8. The van der Waals surface area contributed by atoms with Gasteiger partial charge in [0.1, 0.15) is 5.82 Å². The molecule has 4 heterocycles. The SMILES string of the molecule is Cc1nc(S(=O)(=O)N2CCN(c3ccc(Nc4cccnc4)nn3)CC2)cn1C. The Balaban J connectivity index is 1.39. The highest BCUT2D eigenvalue weighted by Gasteiger charge is 2.31. The maximum Gasteiger partial charge on any atom is 0.262 e. The number of rotatable bonds is 5. The molecule has 3 aromatic heterocycles. The molecule has 1 fully saturated rings. The Kier molecular flexibility index (Phi) is 5.16. The van der Waals surface area contributed by atoms with Crippen molar-refractivity contribution in [3.8, 4) is 0 Å². The summed E-state index contributed by atoms with van der Waals surface area (Å²) in [5.74, 6) is 2.00. The molecule has 0 atom stereocenters. The first-order valence-corrected chi connectivity index (χ1v) is 10.6. The lowest BCUT2D eigenvalue weighted by Gasteiger charge is -2.33. The molecule has 0 spiro atoms. The first-order valence-electron chi connectivity index (χ1n) is 9.19. The number of anilines is 3. The van der Waals surface area contributed by atoms with Crippen molar-refractivity contribution in [1.82, 2.24) is 29.0 Å². The number of aryl methyl sites for hydroxylation is 2. The second-order valence-electron chi connectivity index (χ2n) is 6.77. The van der Waals surface area contributed by atoms with Gasteiger partial charge in [-0.2, -0.15) is 4.31 Å². The third kappa shape index (κ3) is 4.05. The molecule has 0 amide bonds. The Morgan fingerprint density at radius 1 is 1.07 bits per heavy atom. The van der Waals surface area contributed by atoms with Crippen molar-refractivity contribution in [2.75, 3.05) is 36.4 Å². The minimum Gasteiger partial charge on any atom is -0.352 e. The molecule has 0 unspecified atom stereocenters. The molecule has 4 rings (SSSR count). The first kappa shape index (κ1) is 19.3. The zero-order valence-corrected chi connectivity index (χ0v) is 17.0. The van der Waals surface area contributed by atoms with Gasteiger partial charge in [-0.1, -0.05) is 0 Å². The van der Waals surface area contributed by atoms with E-state index in [1.165, 1.54) is 4.31 Å². The molecule has 1 saturated heterocycles.